The Labute approximate surface area is 106 Å². The fraction of sp³-hybridized carbons (Fsp3) is 0.667. The molecule has 2 N–H and O–H groups in total. The van der Waals surface area contributed by atoms with Crippen molar-refractivity contribution >= 4 is 6.09 Å². The normalized spacial score (nSPS) is 14.9. The van der Waals surface area contributed by atoms with Gasteiger partial charge >= 0.3 is 6.09 Å². The molecule has 0 fully saturated rings. The molecule has 18 heavy (non-hydrogen) atoms. The van der Waals surface area contributed by atoms with Crippen LogP contribution < -0.4 is 5.32 Å². The second kappa shape index (κ2) is 5.86. The lowest BCUT2D eigenvalue weighted by atomic mass is 10.1. The summed E-state index contributed by atoms with van der Waals surface area (Å²) in [6.07, 6.45) is 1.79. The minimum Gasteiger partial charge on any atom is -0.446 e. The summed E-state index contributed by atoms with van der Waals surface area (Å²) in [6.45, 7) is 7.17. The molecule has 1 aromatic rings. The molecule has 6 heteroatoms. The van der Waals surface area contributed by atoms with E-state index >= 15 is 0 Å². The third-order valence-corrected chi connectivity index (χ3v) is 2.23. The van der Waals surface area contributed by atoms with Crippen molar-refractivity contribution in [3.05, 3.63) is 18.4 Å². The average molecular weight is 256 g/mol. The predicted octanol–water partition coefficient (Wildman–Crippen LogP) is 2.01. The maximum Gasteiger partial charge on any atom is 0.407 e. The molecular weight excluding hydrogens is 236 g/mol. The Morgan fingerprint density at radius 3 is 2.72 bits per heavy atom. The van der Waals surface area contributed by atoms with Crippen LogP contribution in [0.2, 0.25) is 0 Å². The average Bonchev–Trinajstić information content (AvgIpc) is 2.75. The molecule has 1 amide bonds. The van der Waals surface area contributed by atoms with Gasteiger partial charge in [-0.15, -0.1) is 0 Å². The Balaban J connectivity index is 2.59. The summed E-state index contributed by atoms with van der Waals surface area (Å²) in [5.41, 5.74) is -0.573. The number of alkyl carbamates (subject to hydrolysis) is 1. The van der Waals surface area contributed by atoms with Crippen LogP contribution in [0.4, 0.5) is 4.79 Å². The van der Waals surface area contributed by atoms with Crippen molar-refractivity contribution in [3.63, 3.8) is 0 Å². The van der Waals surface area contributed by atoms with Crippen molar-refractivity contribution in [2.24, 2.45) is 0 Å². The monoisotopic (exact) mass is 256 g/mol. The molecule has 2 atom stereocenters. The van der Waals surface area contributed by atoms with E-state index in [9.17, 15) is 9.90 Å². The summed E-state index contributed by atoms with van der Waals surface area (Å²) < 4.78 is 10.1. The van der Waals surface area contributed by atoms with Crippen LogP contribution in [-0.4, -0.2) is 27.8 Å². The molecule has 0 bridgehead atoms. The van der Waals surface area contributed by atoms with Crippen molar-refractivity contribution in [2.45, 2.75) is 51.9 Å². The highest BCUT2D eigenvalue weighted by atomic mass is 16.6. The number of nitrogens with one attached hydrogen (secondary N) is 1. The van der Waals surface area contributed by atoms with Gasteiger partial charge in [-0.05, 0) is 27.2 Å². The maximum absolute atomic E-state index is 11.6. The number of aromatic nitrogens is 1. The van der Waals surface area contributed by atoms with Gasteiger partial charge in [-0.1, -0.05) is 6.92 Å². The number of rotatable bonds is 4. The van der Waals surface area contributed by atoms with Gasteiger partial charge in [-0.2, -0.15) is 0 Å². The SMILES string of the molecule is CCC(NC(=O)OC(C)(C)C)[C@H](O)c1ncco1. The number of oxazole rings is 1. The third kappa shape index (κ3) is 4.37. The second-order valence-electron chi connectivity index (χ2n) is 4.98. The quantitative estimate of drug-likeness (QED) is 0.860. The zero-order chi connectivity index (χ0) is 13.8. The van der Waals surface area contributed by atoms with Gasteiger partial charge in [0, 0.05) is 0 Å². The zero-order valence-corrected chi connectivity index (χ0v) is 11.1. The first-order chi connectivity index (χ1) is 8.33. The summed E-state index contributed by atoms with van der Waals surface area (Å²) in [5.74, 6) is 0.179. The van der Waals surface area contributed by atoms with Gasteiger partial charge in [0.05, 0.1) is 12.2 Å². The van der Waals surface area contributed by atoms with E-state index in [1.165, 1.54) is 12.5 Å². The molecular formula is C12H20N2O4. The van der Waals surface area contributed by atoms with E-state index in [1.807, 2.05) is 6.92 Å². The van der Waals surface area contributed by atoms with E-state index in [1.54, 1.807) is 20.8 Å². The summed E-state index contributed by atoms with van der Waals surface area (Å²) in [6, 6.07) is -0.501. The van der Waals surface area contributed by atoms with Gasteiger partial charge in [0.1, 0.15) is 11.9 Å². The van der Waals surface area contributed by atoms with Crippen LogP contribution in [0.3, 0.4) is 0 Å². The third-order valence-electron chi connectivity index (χ3n) is 2.23. The summed E-state index contributed by atoms with van der Waals surface area (Å²) in [5, 5.41) is 12.6. The van der Waals surface area contributed by atoms with Crippen LogP contribution in [-0.2, 0) is 4.74 Å². The number of carbonyl (C=O) groups is 1. The Kier molecular flexibility index (Phi) is 4.72. The molecule has 6 nitrogen and oxygen atoms in total. The van der Waals surface area contributed by atoms with Gasteiger partial charge in [0.15, 0.2) is 6.10 Å². The molecule has 0 saturated carbocycles. The molecule has 1 aromatic heterocycles. The highest BCUT2D eigenvalue weighted by Gasteiger charge is 2.26. The van der Waals surface area contributed by atoms with Gasteiger partial charge in [-0.3, -0.25) is 0 Å². The fourth-order valence-corrected chi connectivity index (χ4v) is 1.42. The van der Waals surface area contributed by atoms with E-state index in [0.717, 1.165) is 0 Å². The molecule has 1 unspecified atom stereocenters. The molecule has 0 aliphatic rings. The summed E-state index contributed by atoms with van der Waals surface area (Å²) in [4.78, 5) is 15.5. The van der Waals surface area contributed by atoms with Gasteiger partial charge < -0.3 is 19.6 Å². The standard InChI is InChI=1S/C12H20N2O4/c1-5-8(9(15)10-13-6-7-17-10)14-11(16)18-12(2,3)4/h6-9,15H,5H2,1-4H3,(H,14,16)/t8?,9-/m0/s1. The molecule has 0 aliphatic heterocycles. The number of hydrogen-bond donors (Lipinski definition) is 2. The van der Waals surface area contributed by atoms with Crippen molar-refractivity contribution in [2.75, 3.05) is 0 Å². The molecule has 0 radical (unpaired) electrons. The lowest BCUT2D eigenvalue weighted by Gasteiger charge is -2.24. The van der Waals surface area contributed by atoms with Gasteiger partial charge in [0.2, 0.25) is 5.89 Å². The Hall–Kier alpha value is -1.56. The minimum atomic E-state index is -0.988. The maximum atomic E-state index is 11.6. The fourth-order valence-electron chi connectivity index (χ4n) is 1.42. The molecule has 102 valence electrons. The molecule has 0 aliphatic carbocycles. The van der Waals surface area contributed by atoms with Gasteiger partial charge in [-0.25, -0.2) is 9.78 Å². The number of amides is 1. The number of aliphatic hydroxyl groups excluding tert-OH is 1. The minimum absolute atomic E-state index is 0.179. The number of nitrogens with zero attached hydrogens (tertiary/aromatic N) is 1. The topological polar surface area (TPSA) is 84.6 Å². The smallest absolute Gasteiger partial charge is 0.407 e. The Morgan fingerprint density at radius 2 is 2.28 bits per heavy atom. The zero-order valence-electron chi connectivity index (χ0n) is 11.1. The van der Waals surface area contributed by atoms with Gasteiger partial charge in [0.25, 0.3) is 0 Å². The number of carbonyl (C=O) groups excluding carboxylic acids is 1. The van der Waals surface area contributed by atoms with Crippen LogP contribution >= 0.6 is 0 Å². The van der Waals surface area contributed by atoms with E-state index in [0.29, 0.717) is 6.42 Å². The highest BCUT2D eigenvalue weighted by molar-refractivity contribution is 5.68. The predicted molar refractivity (Wildman–Crippen MR) is 64.9 cm³/mol. The van der Waals surface area contributed by atoms with Crippen molar-refractivity contribution in [3.8, 4) is 0 Å². The van der Waals surface area contributed by atoms with Crippen LogP contribution in [0.5, 0.6) is 0 Å². The molecule has 0 aromatic carbocycles. The van der Waals surface area contributed by atoms with Crippen LogP contribution in [0.15, 0.2) is 16.9 Å². The van der Waals surface area contributed by atoms with E-state index in [2.05, 4.69) is 10.3 Å². The van der Waals surface area contributed by atoms with Crippen molar-refractivity contribution < 1.29 is 19.1 Å². The first kappa shape index (κ1) is 14.5. The lowest BCUT2D eigenvalue weighted by Crippen LogP contribution is -2.42. The van der Waals surface area contributed by atoms with Crippen LogP contribution in [0.25, 0.3) is 0 Å². The first-order valence-electron chi connectivity index (χ1n) is 5.90. The largest absolute Gasteiger partial charge is 0.446 e. The number of aliphatic hydroxyl groups is 1. The lowest BCUT2D eigenvalue weighted by molar-refractivity contribution is 0.0385. The Morgan fingerprint density at radius 1 is 1.61 bits per heavy atom. The van der Waals surface area contributed by atoms with Crippen LogP contribution in [0, 0.1) is 0 Å². The highest BCUT2D eigenvalue weighted by Crippen LogP contribution is 2.17. The Bertz CT molecular complexity index is 370. The van der Waals surface area contributed by atoms with Crippen LogP contribution in [0.1, 0.15) is 46.1 Å². The summed E-state index contributed by atoms with van der Waals surface area (Å²) in [7, 11) is 0. The molecule has 1 heterocycles. The summed E-state index contributed by atoms with van der Waals surface area (Å²) >= 11 is 0. The number of hydrogen-bond acceptors (Lipinski definition) is 5. The van der Waals surface area contributed by atoms with E-state index in [-0.39, 0.29) is 5.89 Å². The van der Waals surface area contributed by atoms with Crippen molar-refractivity contribution in [1.82, 2.24) is 10.3 Å². The second-order valence-corrected chi connectivity index (χ2v) is 4.98. The number of ether oxygens (including phenoxy) is 1. The van der Waals surface area contributed by atoms with E-state index < -0.39 is 23.8 Å². The first-order valence-corrected chi connectivity index (χ1v) is 5.90. The molecule has 0 saturated heterocycles. The molecule has 0 spiro atoms. The van der Waals surface area contributed by atoms with E-state index in [4.69, 9.17) is 9.15 Å². The van der Waals surface area contributed by atoms with Crippen molar-refractivity contribution in [1.29, 1.82) is 0 Å². The molecule has 1 rings (SSSR count).